The summed E-state index contributed by atoms with van der Waals surface area (Å²) in [6, 6.07) is 5.57. The van der Waals surface area contributed by atoms with Gasteiger partial charge in [-0.1, -0.05) is 55.6 Å². The lowest BCUT2D eigenvalue weighted by atomic mass is 10.0. The summed E-state index contributed by atoms with van der Waals surface area (Å²) in [5, 5.41) is 1.16. The van der Waals surface area contributed by atoms with Gasteiger partial charge in [0.15, 0.2) is 0 Å². The molecule has 1 rings (SSSR count). The third-order valence-corrected chi connectivity index (χ3v) is 4.36. The number of benzene rings is 1. The van der Waals surface area contributed by atoms with Crippen molar-refractivity contribution >= 4 is 23.2 Å². The summed E-state index contributed by atoms with van der Waals surface area (Å²) < 4.78 is 0. The Kier molecular flexibility index (Phi) is 7.16. The second-order valence-electron chi connectivity index (χ2n) is 5.31. The van der Waals surface area contributed by atoms with Crippen LogP contribution in [0.3, 0.4) is 0 Å². The van der Waals surface area contributed by atoms with Crippen LogP contribution < -0.4 is 5.73 Å². The fourth-order valence-electron chi connectivity index (χ4n) is 2.07. The summed E-state index contributed by atoms with van der Waals surface area (Å²) in [5.74, 6) is 0.719. The molecule has 0 fully saturated rings. The molecule has 2 N–H and O–H groups in total. The molecule has 1 aromatic carbocycles. The highest BCUT2D eigenvalue weighted by molar-refractivity contribution is 6.42. The first-order valence-corrected chi connectivity index (χ1v) is 7.59. The molecule has 2 nitrogen and oxygen atoms in total. The molecule has 0 spiro atoms. The van der Waals surface area contributed by atoms with Crippen molar-refractivity contribution in [1.82, 2.24) is 4.90 Å². The van der Waals surface area contributed by atoms with Crippen LogP contribution in [0.25, 0.3) is 0 Å². The molecule has 0 bridgehead atoms. The maximum atomic E-state index is 6.21. The van der Waals surface area contributed by atoms with Gasteiger partial charge in [0.2, 0.25) is 0 Å². The highest BCUT2D eigenvalue weighted by atomic mass is 35.5. The number of halogens is 2. The van der Waals surface area contributed by atoms with Gasteiger partial charge in [0.05, 0.1) is 10.0 Å². The summed E-state index contributed by atoms with van der Waals surface area (Å²) in [7, 11) is 2.14. The smallest absolute Gasteiger partial charge is 0.0640 e. The molecule has 4 heteroatoms. The Bertz CT molecular complexity index is 396. The van der Waals surface area contributed by atoms with Crippen molar-refractivity contribution in [1.29, 1.82) is 0 Å². The van der Waals surface area contributed by atoms with Crippen LogP contribution in [0.15, 0.2) is 18.2 Å². The molecule has 2 atom stereocenters. The highest BCUT2D eigenvalue weighted by Crippen LogP contribution is 2.30. The van der Waals surface area contributed by atoms with E-state index in [0.717, 1.165) is 31.0 Å². The summed E-state index contributed by atoms with van der Waals surface area (Å²) in [6.07, 6.45) is 2.09. The molecule has 1 aromatic rings. The third kappa shape index (κ3) is 5.31. The fourth-order valence-corrected chi connectivity index (χ4v) is 2.52. The SMILES string of the molecule is CCC(C)CN(C)CCC(N)c1cccc(Cl)c1Cl. The molecule has 0 amide bonds. The Morgan fingerprint density at radius 3 is 2.63 bits per heavy atom. The normalized spacial score (nSPS) is 14.7. The van der Waals surface area contributed by atoms with Crippen molar-refractivity contribution in [3.8, 4) is 0 Å². The van der Waals surface area contributed by atoms with Crippen LogP contribution in [0.2, 0.25) is 10.0 Å². The predicted octanol–water partition coefficient (Wildman–Crippen LogP) is 4.36. The first-order valence-electron chi connectivity index (χ1n) is 6.83. The lowest BCUT2D eigenvalue weighted by Gasteiger charge is -2.22. The summed E-state index contributed by atoms with van der Waals surface area (Å²) in [4.78, 5) is 2.33. The van der Waals surface area contributed by atoms with Crippen molar-refractivity contribution in [2.45, 2.75) is 32.7 Å². The summed E-state index contributed by atoms with van der Waals surface area (Å²) >= 11 is 12.2. The van der Waals surface area contributed by atoms with E-state index in [1.807, 2.05) is 12.1 Å². The van der Waals surface area contributed by atoms with Crippen LogP contribution >= 0.6 is 23.2 Å². The van der Waals surface area contributed by atoms with E-state index in [0.29, 0.717) is 10.0 Å². The predicted molar refractivity (Wildman–Crippen MR) is 85.0 cm³/mol. The zero-order valence-corrected chi connectivity index (χ0v) is 13.5. The molecule has 0 saturated heterocycles. The molecule has 0 aliphatic carbocycles. The molecular formula is C15H24Cl2N2. The van der Waals surface area contributed by atoms with Crippen molar-refractivity contribution < 1.29 is 0 Å². The molecular weight excluding hydrogens is 279 g/mol. The lowest BCUT2D eigenvalue weighted by molar-refractivity contribution is 0.272. The number of hydrogen-bond acceptors (Lipinski definition) is 2. The van der Waals surface area contributed by atoms with Gasteiger partial charge in [-0.15, -0.1) is 0 Å². The third-order valence-electron chi connectivity index (χ3n) is 3.52. The van der Waals surface area contributed by atoms with Gasteiger partial charge >= 0.3 is 0 Å². The Balaban J connectivity index is 2.51. The average Bonchev–Trinajstić information content (AvgIpc) is 2.39. The number of rotatable bonds is 7. The zero-order chi connectivity index (χ0) is 14.4. The van der Waals surface area contributed by atoms with Crippen LogP contribution in [0.5, 0.6) is 0 Å². The van der Waals surface area contributed by atoms with Gasteiger partial charge in [0.1, 0.15) is 0 Å². The topological polar surface area (TPSA) is 29.3 Å². The van der Waals surface area contributed by atoms with E-state index in [1.165, 1.54) is 6.42 Å². The van der Waals surface area contributed by atoms with E-state index in [1.54, 1.807) is 6.07 Å². The Morgan fingerprint density at radius 2 is 2.00 bits per heavy atom. The lowest BCUT2D eigenvalue weighted by Crippen LogP contribution is -2.27. The molecule has 0 aliphatic heterocycles. The van der Waals surface area contributed by atoms with Gasteiger partial charge in [-0.2, -0.15) is 0 Å². The summed E-state index contributed by atoms with van der Waals surface area (Å²) in [6.45, 7) is 6.56. The molecule has 0 aliphatic rings. The van der Waals surface area contributed by atoms with E-state index in [9.17, 15) is 0 Å². The molecule has 0 saturated carbocycles. The number of nitrogens with zero attached hydrogens (tertiary/aromatic N) is 1. The van der Waals surface area contributed by atoms with E-state index in [4.69, 9.17) is 28.9 Å². The largest absolute Gasteiger partial charge is 0.324 e. The molecule has 0 heterocycles. The van der Waals surface area contributed by atoms with Crippen molar-refractivity contribution in [3.05, 3.63) is 33.8 Å². The maximum Gasteiger partial charge on any atom is 0.0640 e. The second kappa shape index (κ2) is 8.11. The van der Waals surface area contributed by atoms with E-state index >= 15 is 0 Å². The van der Waals surface area contributed by atoms with Gasteiger partial charge in [-0.05, 0) is 37.6 Å². The first kappa shape index (κ1) is 16.8. The Morgan fingerprint density at radius 1 is 1.32 bits per heavy atom. The van der Waals surface area contributed by atoms with Gasteiger partial charge in [-0.3, -0.25) is 0 Å². The number of hydrogen-bond donors (Lipinski definition) is 1. The zero-order valence-electron chi connectivity index (χ0n) is 12.0. The highest BCUT2D eigenvalue weighted by Gasteiger charge is 2.13. The molecule has 19 heavy (non-hydrogen) atoms. The molecule has 108 valence electrons. The van der Waals surface area contributed by atoms with Crippen molar-refractivity contribution in [3.63, 3.8) is 0 Å². The summed E-state index contributed by atoms with van der Waals surface area (Å²) in [5.41, 5.74) is 7.14. The van der Waals surface area contributed by atoms with Crippen LogP contribution in [0.1, 0.15) is 38.3 Å². The van der Waals surface area contributed by atoms with E-state index in [2.05, 4.69) is 25.8 Å². The van der Waals surface area contributed by atoms with Crippen molar-refractivity contribution in [2.75, 3.05) is 20.1 Å². The second-order valence-corrected chi connectivity index (χ2v) is 6.10. The first-order chi connectivity index (χ1) is 8.95. The molecule has 2 unspecified atom stereocenters. The van der Waals surface area contributed by atoms with Crippen LogP contribution in [-0.4, -0.2) is 25.0 Å². The van der Waals surface area contributed by atoms with Gasteiger partial charge in [-0.25, -0.2) is 0 Å². The standard InChI is InChI=1S/C15H24Cl2N2/c1-4-11(2)10-19(3)9-8-14(18)12-6-5-7-13(16)15(12)17/h5-7,11,14H,4,8-10,18H2,1-3H3. The monoisotopic (exact) mass is 302 g/mol. The number of nitrogens with two attached hydrogens (primary N) is 1. The quantitative estimate of drug-likeness (QED) is 0.811. The van der Waals surface area contributed by atoms with E-state index < -0.39 is 0 Å². The van der Waals surface area contributed by atoms with Crippen LogP contribution in [0, 0.1) is 5.92 Å². The van der Waals surface area contributed by atoms with Crippen molar-refractivity contribution in [2.24, 2.45) is 11.7 Å². The minimum atomic E-state index is -0.0643. The van der Waals surface area contributed by atoms with Crippen LogP contribution in [-0.2, 0) is 0 Å². The van der Waals surface area contributed by atoms with Gasteiger partial charge in [0.25, 0.3) is 0 Å². The maximum absolute atomic E-state index is 6.21. The van der Waals surface area contributed by atoms with Gasteiger partial charge in [0, 0.05) is 12.6 Å². The molecule has 0 aromatic heterocycles. The fraction of sp³-hybridized carbons (Fsp3) is 0.600. The Hall–Kier alpha value is -0.280. The van der Waals surface area contributed by atoms with Gasteiger partial charge < -0.3 is 10.6 Å². The Labute approximate surface area is 126 Å². The minimum Gasteiger partial charge on any atom is -0.324 e. The average molecular weight is 303 g/mol. The van der Waals surface area contributed by atoms with Crippen LogP contribution in [0.4, 0.5) is 0 Å². The molecule has 0 radical (unpaired) electrons. The van der Waals surface area contributed by atoms with E-state index in [-0.39, 0.29) is 6.04 Å². The minimum absolute atomic E-state index is 0.0643.